The van der Waals surface area contributed by atoms with E-state index in [0.717, 1.165) is 0 Å². The van der Waals surface area contributed by atoms with Gasteiger partial charge in [0.05, 0.1) is 12.2 Å². The highest BCUT2D eigenvalue weighted by Gasteiger charge is 2.39. The number of hydrogen-bond donors (Lipinski definition) is 2. The Kier molecular flexibility index (Phi) is 4.66. The lowest BCUT2D eigenvalue weighted by Crippen LogP contribution is -2.36. The van der Waals surface area contributed by atoms with Crippen molar-refractivity contribution in [2.24, 2.45) is 11.8 Å². The minimum atomic E-state index is -2.25. The first-order chi connectivity index (χ1) is 6.97. The molecule has 1 fully saturated rings. The van der Waals surface area contributed by atoms with Gasteiger partial charge >= 0.3 is 0 Å². The fraction of sp³-hybridized carbons (Fsp3) is 1.00. The van der Waals surface area contributed by atoms with Crippen LogP contribution in [0.15, 0.2) is 0 Å². The van der Waals surface area contributed by atoms with Gasteiger partial charge in [0.2, 0.25) is 0 Å². The van der Waals surface area contributed by atoms with Gasteiger partial charge in [-0.05, 0) is 12.3 Å². The molecule has 15 heavy (non-hydrogen) atoms. The Hall–Kier alpha value is -0.0100. The van der Waals surface area contributed by atoms with E-state index in [1.807, 2.05) is 6.92 Å². The van der Waals surface area contributed by atoms with Crippen molar-refractivity contribution in [3.63, 3.8) is 0 Å². The van der Waals surface area contributed by atoms with Gasteiger partial charge in [-0.15, -0.1) is 0 Å². The van der Waals surface area contributed by atoms with E-state index in [2.05, 4.69) is 0 Å². The van der Waals surface area contributed by atoms with Gasteiger partial charge in [-0.1, -0.05) is 13.8 Å². The van der Waals surface area contributed by atoms with Gasteiger partial charge in [0.15, 0.2) is 0 Å². The average Bonchev–Trinajstić information content (AvgIpc) is 2.42. The van der Waals surface area contributed by atoms with E-state index in [9.17, 15) is 19.0 Å². The van der Waals surface area contributed by atoms with E-state index in [4.69, 9.17) is 0 Å². The van der Waals surface area contributed by atoms with Crippen molar-refractivity contribution in [3.8, 4) is 0 Å². The van der Waals surface area contributed by atoms with Gasteiger partial charge in [-0.2, -0.15) is 0 Å². The molecule has 0 amide bonds. The van der Waals surface area contributed by atoms with Gasteiger partial charge in [-0.25, -0.2) is 4.31 Å². The summed E-state index contributed by atoms with van der Waals surface area (Å²) in [5.41, 5.74) is 0. The number of aliphatic hydroxyl groups excluding tert-OH is 2. The highest BCUT2D eigenvalue weighted by molar-refractivity contribution is 7.76. The lowest BCUT2D eigenvalue weighted by molar-refractivity contribution is 0.00416. The highest BCUT2D eigenvalue weighted by Crippen LogP contribution is 2.32. The van der Waals surface area contributed by atoms with Crippen LogP contribution in [0.4, 0.5) is 0 Å². The quantitative estimate of drug-likeness (QED) is 0.643. The molecule has 5 nitrogen and oxygen atoms in total. The van der Waals surface area contributed by atoms with E-state index >= 15 is 0 Å². The van der Waals surface area contributed by atoms with Gasteiger partial charge in [0, 0.05) is 30.3 Å². The fourth-order valence-electron chi connectivity index (χ4n) is 2.11. The zero-order valence-electron chi connectivity index (χ0n) is 9.00. The predicted octanol–water partition coefficient (Wildman–Crippen LogP) is -0.520. The van der Waals surface area contributed by atoms with Crippen LogP contribution in [0.2, 0.25) is 0 Å². The lowest BCUT2D eigenvalue weighted by atomic mass is 10.1. The number of hydrogen-bond acceptors (Lipinski definition) is 4. The van der Waals surface area contributed by atoms with Gasteiger partial charge < -0.3 is 14.8 Å². The van der Waals surface area contributed by atoms with Crippen LogP contribution in [0.25, 0.3) is 0 Å². The zero-order chi connectivity index (χ0) is 11.6. The minimum Gasteiger partial charge on any atom is -0.760 e. The molecule has 0 bridgehead atoms. The van der Waals surface area contributed by atoms with Crippen LogP contribution in [-0.2, 0) is 11.3 Å². The second-order valence-corrected chi connectivity index (χ2v) is 5.10. The number of rotatable bonds is 4. The summed E-state index contributed by atoms with van der Waals surface area (Å²) in [5.74, 6) is -0.128. The average molecular weight is 236 g/mol. The monoisotopic (exact) mass is 236 g/mol. The summed E-state index contributed by atoms with van der Waals surface area (Å²) in [6.07, 6.45) is -0.873. The third-order valence-electron chi connectivity index (χ3n) is 3.09. The molecular formula is C9H18NO4S-. The summed E-state index contributed by atoms with van der Waals surface area (Å²) in [4.78, 5) is 0. The van der Waals surface area contributed by atoms with E-state index in [1.165, 1.54) is 4.31 Å². The summed E-state index contributed by atoms with van der Waals surface area (Å²) >= 11 is -2.25. The fourth-order valence-corrected chi connectivity index (χ4v) is 2.64. The maximum absolute atomic E-state index is 10.8. The highest BCUT2D eigenvalue weighted by atomic mass is 32.2. The molecule has 0 aromatic heterocycles. The molecule has 6 heteroatoms. The third-order valence-corrected chi connectivity index (χ3v) is 3.92. The molecule has 1 unspecified atom stereocenters. The van der Waals surface area contributed by atoms with Crippen molar-refractivity contribution < 1.29 is 19.0 Å². The molecule has 0 aliphatic heterocycles. The maximum atomic E-state index is 10.8. The first kappa shape index (κ1) is 13.1. The molecule has 1 aliphatic carbocycles. The Morgan fingerprint density at radius 3 is 2.40 bits per heavy atom. The summed E-state index contributed by atoms with van der Waals surface area (Å²) < 4.78 is 22.8. The van der Waals surface area contributed by atoms with Crippen molar-refractivity contribution >= 4 is 11.3 Å². The molecular weight excluding hydrogens is 218 g/mol. The van der Waals surface area contributed by atoms with Gasteiger partial charge in [0.25, 0.3) is 0 Å². The summed E-state index contributed by atoms with van der Waals surface area (Å²) in [6, 6.07) is 0. The molecule has 0 aromatic rings. The normalized spacial score (nSPS) is 38.5. The first-order valence-corrected chi connectivity index (χ1v) is 6.21. The summed E-state index contributed by atoms with van der Waals surface area (Å²) in [7, 11) is 0. The van der Waals surface area contributed by atoms with Crippen molar-refractivity contribution in [2.75, 3.05) is 13.1 Å². The van der Waals surface area contributed by atoms with Crippen molar-refractivity contribution in [3.05, 3.63) is 0 Å². The van der Waals surface area contributed by atoms with Crippen LogP contribution in [0, 0.1) is 11.8 Å². The van der Waals surface area contributed by atoms with Gasteiger partial charge in [-0.3, -0.25) is 4.21 Å². The second-order valence-electron chi connectivity index (χ2n) is 4.15. The maximum Gasteiger partial charge on any atom is 0.0842 e. The number of aliphatic hydroxyl groups is 2. The van der Waals surface area contributed by atoms with E-state index in [0.29, 0.717) is 13.0 Å². The SMILES string of the molecule is CCN(C[C@H]1C[C@@H](C)[C@H](O)[C@@H]1O)S(=O)[O-]. The third kappa shape index (κ3) is 2.98. The molecule has 90 valence electrons. The van der Waals surface area contributed by atoms with Crippen LogP contribution in [0.5, 0.6) is 0 Å². The largest absolute Gasteiger partial charge is 0.760 e. The molecule has 2 N–H and O–H groups in total. The molecule has 0 aromatic carbocycles. The van der Waals surface area contributed by atoms with Crippen molar-refractivity contribution in [2.45, 2.75) is 32.5 Å². The van der Waals surface area contributed by atoms with Crippen LogP contribution < -0.4 is 0 Å². The zero-order valence-corrected chi connectivity index (χ0v) is 9.81. The Morgan fingerprint density at radius 1 is 1.47 bits per heavy atom. The van der Waals surface area contributed by atoms with Crippen molar-refractivity contribution in [1.82, 2.24) is 4.31 Å². The Labute approximate surface area is 92.5 Å². The summed E-state index contributed by atoms with van der Waals surface area (Å²) in [5, 5.41) is 19.2. The Bertz CT molecular complexity index is 238. The van der Waals surface area contributed by atoms with Crippen molar-refractivity contribution in [1.29, 1.82) is 0 Å². The molecule has 0 saturated heterocycles. The Balaban J connectivity index is 2.55. The van der Waals surface area contributed by atoms with Gasteiger partial charge in [0.1, 0.15) is 0 Å². The number of nitrogens with zero attached hydrogens (tertiary/aromatic N) is 1. The van der Waals surface area contributed by atoms with Crippen LogP contribution >= 0.6 is 0 Å². The second kappa shape index (κ2) is 5.36. The molecule has 5 atom stereocenters. The summed E-state index contributed by atoms with van der Waals surface area (Å²) in [6.45, 7) is 4.29. The topological polar surface area (TPSA) is 83.8 Å². The van der Waals surface area contributed by atoms with E-state index < -0.39 is 23.5 Å². The molecule has 1 rings (SSSR count). The Morgan fingerprint density at radius 2 is 2.07 bits per heavy atom. The lowest BCUT2D eigenvalue weighted by Gasteiger charge is -2.27. The van der Waals surface area contributed by atoms with E-state index in [1.54, 1.807) is 6.92 Å². The first-order valence-electron chi connectivity index (χ1n) is 5.17. The molecule has 0 radical (unpaired) electrons. The molecule has 1 aliphatic rings. The molecule has 0 heterocycles. The minimum absolute atomic E-state index is 0.0313. The molecule has 1 saturated carbocycles. The molecule has 0 spiro atoms. The van der Waals surface area contributed by atoms with Crippen LogP contribution in [0.3, 0.4) is 0 Å². The van der Waals surface area contributed by atoms with Crippen LogP contribution in [0.1, 0.15) is 20.3 Å². The van der Waals surface area contributed by atoms with E-state index in [-0.39, 0.29) is 18.4 Å². The standard InChI is InChI=1S/C9H19NO4S/c1-3-10(15(13)14)5-7-4-6(2)8(11)9(7)12/h6-9,11-12H,3-5H2,1-2H3,(H,13,14)/p-1/t6-,7-,8+,9-/m1/s1. The predicted molar refractivity (Wildman–Crippen MR) is 55.5 cm³/mol. The smallest absolute Gasteiger partial charge is 0.0842 e. The van der Waals surface area contributed by atoms with Crippen LogP contribution in [-0.4, -0.2) is 48.6 Å².